The van der Waals surface area contributed by atoms with Crippen molar-refractivity contribution in [2.75, 3.05) is 10.7 Å². The first-order valence-electron chi connectivity index (χ1n) is 9.55. The molecule has 1 atom stereocenters. The van der Waals surface area contributed by atoms with Crippen LogP contribution in [0.1, 0.15) is 16.1 Å². The van der Waals surface area contributed by atoms with E-state index in [0.717, 1.165) is 22.3 Å². The van der Waals surface area contributed by atoms with E-state index in [9.17, 15) is 9.59 Å². The Kier molecular flexibility index (Phi) is 4.55. The first-order chi connectivity index (χ1) is 14.6. The molecule has 30 heavy (non-hydrogen) atoms. The molecule has 1 aromatic heterocycles. The van der Waals surface area contributed by atoms with Gasteiger partial charge in [0.25, 0.3) is 5.91 Å². The molecular weight excluding hydrogens is 398 g/mol. The molecule has 2 aliphatic heterocycles. The Morgan fingerprint density at radius 3 is 2.70 bits per heavy atom. The number of ketones is 1. The van der Waals surface area contributed by atoms with Crippen molar-refractivity contribution in [1.29, 1.82) is 0 Å². The number of Topliss-reactive ketones (excluding diaryl/α,β-unsaturated/α-hetero) is 1. The van der Waals surface area contributed by atoms with Crippen LogP contribution in [0, 0.1) is 6.92 Å². The number of amides is 1. The second-order valence-electron chi connectivity index (χ2n) is 7.06. The number of hydrazone groups is 1. The fourth-order valence-corrected chi connectivity index (χ4v) is 4.60. The molecule has 2 aliphatic rings. The molecule has 0 saturated carbocycles. The number of aryl methyl sites for hydroxylation is 1. The summed E-state index contributed by atoms with van der Waals surface area (Å²) < 4.78 is 0. The summed E-state index contributed by atoms with van der Waals surface area (Å²) >= 11 is 1.32. The number of amidine groups is 1. The fourth-order valence-electron chi connectivity index (χ4n) is 3.76. The van der Waals surface area contributed by atoms with Gasteiger partial charge in [0.05, 0.1) is 5.75 Å². The number of carbonyl (C=O) groups is 2. The lowest BCUT2D eigenvalue weighted by molar-refractivity contribution is -0.122. The molecule has 0 fully saturated rings. The lowest BCUT2D eigenvalue weighted by Crippen LogP contribution is -2.52. The van der Waals surface area contributed by atoms with Gasteiger partial charge in [-0.3, -0.25) is 24.8 Å². The third-order valence-electron chi connectivity index (χ3n) is 5.17. The van der Waals surface area contributed by atoms with Crippen molar-refractivity contribution in [2.24, 2.45) is 5.10 Å². The zero-order chi connectivity index (χ0) is 20.7. The van der Waals surface area contributed by atoms with Crippen LogP contribution < -0.4 is 10.3 Å². The maximum atomic E-state index is 12.9. The number of fused-ring (bicyclic) bond motifs is 2. The average molecular weight is 417 g/mol. The molecule has 8 heteroatoms. The van der Waals surface area contributed by atoms with Crippen LogP contribution in [0.2, 0.25) is 0 Å². The van der Waals surface area contributed by atoms with Crippen molar-refractivity contribution >= 4 is 45.2 Å². The van der Waals surface area contributed by atoms with Gasteiger partial charge in [0.2, 0.25) is 6.17 Å². The van der Waals surface area contributed by atoms with E-state index in [1.54, 1.807) is 16.0 Å². The minimum atomic E-state index is -0.609. The van der Waals surface area contributed by atoms with Crippen LogP contribution in [-0.2, 0) is 4.79 Å². The third-order valence-corrected chi connectivity index (χ3v) is 6.14. The van der Waals surface area contributed by atoms with Crippen LogP contribution in [0.4, 0.5) is 5.69 Å². The maximum absolute atomic E-state index is 12.9. The molecule has 150 valence electrons. The molecule has 2 N–H and O–H groups in total. The van der Waals surface area contributed by atoms with Gasteiger partial charge in [-0.2, -0.15) is 5.10 Å². The highest BCUT2D eigenvalue weighted by Crippen LogP contribution is 2.27. The first-order valence-corrected chi connectivity index (χ1v) is 10.5. The van der Waals surface area contributed by atoms with E-state index < -0.39 is 6.17 Å². The molecular formula is C22H19N5O2S. The lowest BCUT2D eigenvalue weighted by Gasteiger charge is -2.31. The summed E-state index contributed by atoms with van der Waals surface area (Å²) in [5.41, 5.74) is 6.21. The Morgan fingerprint density at radius 2 is 1.87 bits per heavy atom. The van der Waals surface area contributed by atoms with Crippen LogP contribution >= 0.6 is 11.8 Å². The molecule has 1 amide bonds. The van der Waals surface area contributed by atoms with Gasteiger partial charge >= 0.3 is 0 Å². The number of benzene rings is 2. The van der Waals surface area contributed by atoms with Crippen LogP contribution in [-0.4, -0.2) is 38.7 Å². The first kappa shape index (κ1) is 18.5. The molecule has 7 nitrogen and oxygen atoms in total. The average Bonchev–Trinajstić information content (AvgIpc) is 3.33. The number of H-pyrrole nitrogens is 1. The van der Waals surface area contributed by atoms with Crippen molar-refractivity contribution < 1.29 is 9.59 Å². The number of rotatable bonds is 4. The van der Waals surface area contributed by atoms with Gasteiger partial charge in [-0.05, 0) is 25.1 Å². The Labute approximate surface area is 177 Å². The summed E-state index contributed by atoms with van der Waals surface area (Å²) in [5, 5.41) is 5.82. The molecule has 0 saturated heterocycles. The smallest absolute Gasteiger partial charge is 0.276 e. The van der Waals surface area contributed by atoms with Gasteiger partial charge in [-0.15, -0.1) is 0 Å². The van der Waals surface area contributed by atoms with Gasteiger partial charge in [0.1, 0.15) is 0 Å². The van der Waals surface area contributed by atoms with E-state index in [4.69, 9.17) is 0 Å². The number of nitrogens with one attached hydrogen (secondary N) is 2. The molecule has 2 aromatic carbocycles. The number of anilines is 1. The van der Waals surface area contributed by atoms with E-state index in [1.807, 2.05) is 67.7 Å². The van der Waals surface area contributed by atoms with Crippen LogP contribution in [0.3, 0.4) is 0 Å². The van der Waals surface area contributed by atoms with Crippen molar-refractivity contribution in [3.8, 4) is 0 Å². The van der Waals surface area contributed by atoms with E-state index in [2.05, 4.69) is 15.5 Å². The molecule has 5 rings (SSSR count). The maximum Gasteiger partial charge on any atom is 0.276 e. The highest BCUT2D eigenvalue weighted by atomic mass is 32.2. The molecule has 0 radical (unpaired) electrons. The van der Waals surface area contributed by atoms with E-state index in [0.29, 0.717) is 10.7 Å². The fraction of sp³-hybridized carbons (Fsp3) is 0.136. The highest BCUT2D eigenvalue weighted by Gasteiger charge is 2.38. The van der Waals surface area contributed by atoms with Crippen LogP contribution in [0.15, 0.2) is 72.1 Å². The number of hydrogen-bond donors (Lipinski definition) is 2. The Bertz CT molecular complexity index is 1200. The van der Waals surface area contributed by atoms with E-state index in [1.165, 1.54) is 11.8 Å². The lowest BCUT2D eigenvalue weighted by atomic mass is 10.1. The largest absolute Gasteiger partial charge is 0.358 e. The number of aromatic nitrogens is 1. The minimum absolute atomic E-state index is 0.0272. The quantitative estimate of drug-likeness (QED) is 0.636. The minimum Gasteiger partial charge on any atom is -0.358 e. The molecule has 0 bridgehead atoms. The van der Waals surface area contributed by atoms with Crippen molar-refractivity contribution in [3.05, 3.63) is 78.3 Å². The predicted molar refractivity (Wildman–Crippen MR) is 119 cm³/mol. The highest BCUT2D eigenvalue weighted by molar-refractivity contribution is 8.14. The molecule has 3 aromatic rings. The zero-order valence-corrected chi connectivity index (χ0v) is 17.0. The van der Waals surface area contributed by atoms with Gasteiger partial charge in [0.15, 0.2) is 11.0 Å². The summed E-state index contributed by atoms with van der Waals surface area (Å²) in [6, 6.07) is 17.2. The van der Waals surface area contributed by atoms with E-state index in [-0.39, 0.29) is 17.4 Å². The van der Waals surface area contributed by atoms with Crippen LogP contribution in [0.5, 0.6) is 0 Å². The number of hydrogen-bond acceptors (Lipinski definition) is 6. The summed E-state index contributed by atoms with van der Waals surface area (Å²) in [5.74, 6) is 0.137. The molecule has 0 aliphatic carbocycles. The molecule has 3 heterocycles. The Balaban J connectivity index is 1.31. The predicted octanol–water partition coefficient (Wildman–Crippen LogP) is 3.41. The topological polar surface area (TPSA) is 80.8 Å². The second kappa shape index (κ2) is 7.38. The normalized spacial score (nSPS) is 17.8. The van der Waals surface area contributed by atoms with Crippen LogP contribution in [0.25, 0.3) is 10.9 Å². The van der Waals surface area contributed by atoms with Gasteiger partial charge < -0.3 is 4.98 Å². The van der Waals surface area contributed by atoms with Gasteiger partial charge in [-0.25, -0.2) is 0 Å². The third kappa shape index (κ3) is 3.05. The van der Waals surface area contributed by atoms with E-state index >= 15 is 0 Å². The summed E-state index contributed by atoms with van der Waals surface area (Å²) in [6.07, 6.45) is 2.93. The number of carbonyl (C=O) groups excluding carboxylic acids is 2. The standard InChI is InChI=1S/C22H19N5O2S/c1-14-19(16-9-5-6-10-17(16)23-14)18(28)13-30-22-25-24-20-21(29)26(11-12-27(20)22)15-7-3-2-4-8-15/h2-12,20,23-24H,13H2,1H3. The number of thioether (sulfide) groups is 1. The number of nitrogens with zero attached hydrogens (tertiary/aromatic N) is 3. The number of para-hydroxylation sites is 2. The molecule has 0 spiro atoms. The van der Waals surface area contributed by atoms with Crippen molar-refractivity contribution in [2.45, 2.75) is 13.1 Å². The van der Waals surface area contributed by atoms with Crippen molar-refractivity contribution in [1.82, 2.24) is 15.3 Å². The Hall–Kier alpha value is -3.52. The van der Waals surface area contributed by atoms with Gasteiger partial charge in [-0.1, -0.05) is 48.2 Å². The second-order valence-corrected chi connectivity index (χ2v) is 8.00. The monoisotopic (exact) mass is 417 g/mol. The molecule has 1 unspecified atom stereocenters. The number of aromatic amines is 1. The summed E-state index contributed by atoms with van der Waals surface area (Å²) in [7, 11) is 0. The van der Waals surface area contributed by atoms with Crippen molar-refractivity contribution in [3.63, 3.8) is 0 Å². The summed E-state index contributed by atoms with van der Waals surface area (Å²) in [4.78, 5) is 32.4. The van der Waals surface area contributed by atoms with Gasteiger partial charge in [0, 0.05) is 40.2 Å². The zero-order valence-electron chi connectivity index (χ0n) is 16.2. The summed E-state index contributed by atoms with van der Waals surface area (Å²) in [6.45, 7) is 1.91. The SMILES string of the molecule is Cc1[nH]c2ccccc2c1C(=O)CSC1=NNC2C(=O)N(c3ccccc3)C=CN12. The Morgan fingerprint density at radius 1 is 1.10 bits per heavy atom.